The van der Waals surface area contributed by atoms with Crippen LogP contribution >= 0.6 is 0 Å². The highest BCUT2D eigenvalue weighted by Crippen LogP contribution is 2.39. The Hall–Kier alpha value is -7.63. The maximum atomic E-state index is 5.27. The van der Waals surface area contributed by atoms with Crippen molar-refractivity contribution in [1.82, 2.24) is 24.9 Å². The molecule has 0 unspecified atom stereocenters. The zero-order chi connectivity index (χ0) is 37.3. The molecule has 0 bridgehead atoms. The first-order valence-corrected chi connectivity index (χ1v) is 18.7. The molecule has 5 nitrogen and oxygen atoms in total. The van der Waals surface area contributed by atoms with Crippen LogP contribution in [0, 0.1) is 0 Å². The lowest BCUT2D eigenvalue weighted by Crippen LogP contribution is -2.01. The smallest absolute Gasteiger partial charge is 0.164 e. The van der Waals surface area contributed by atoms with Gasteiger partial charge in [-0.15, -0.1) is 0 Å². The quantitative estimate of drug-likeness (QED) is 0.164. The summed E-state index contributed by atoms with van der Waals surface area (Å²) in [5.74, 6) is 2.52. The average molecular weight is 716 g/mol. The first-order chi connectivity index (χ1) is 27.7. The van der Waals surface area contributed by atoms with E-state index in [0.717, 1.165) is 77.4 Å². The van der Waals surface area contributed by atoms with E-state index in [2.05, 4.69) is 121 Å². The van der Waals surface area contributed by atoms with Crippen molar-refractivity contribution in [2.45, 2.75) is 0 Å². The van der Waals surface area contributed by atoms with Crippen LogP contribution in [0.15, 0.2) is 200 Å². The number of hydrogen-bond donors (Lipinski definition) is 0. The molecule has 2 aromatic heterocycles. The molecule has 0 saturated carbocycles. The minimum absolute atomic E-state index is 0.609. The summed E-state index contributed by atoms with van der Waals surface area (Å²) in [4.78, 5) is 25.6. The van der Waals surface area contributed by atoms with Crippen LogP contribution in [-0.4, -0.2) is 24.9 Å². The van der Waals surface area contributed by atoms with Gasteiger partial charge in [0, 0.05) is 33.4 Å². The maximum Gasteiger partial charge on any atom is 0.164 e. The SMILES string of the molecule is c1ccc(-c2cc(-c3cc(-c4ccc(-c5nc(-c6ccccc6)nc(-c6ccccc6)n5)c5ccccc45)nc(-c4ccccc4)n3)c3ccccc3c2)cc1. The summed E-state index contributed by atoms with van der Waals surface area (Å²) in [6.07, 6.45) is 0. The van der Waals surface area contributed by atoms with Gasteiger partial charge in [-0.3, -0.25) is 0 Å². The van der Waals surface area contributed by atoms with Gasteiger partial charge in [-0.1, -0.05) is 176 Å². The fraction of sp³-hybridized carbons (Fsp3) is 0. The predicted molar refractivity (Wildman–Crippen MR) is 228 cm³/mol. The Morgan fingerprint density at radius 3 is 1.21 bits per heavy atom. The van der Waals surface area contributed by atoms with Crippen LogP contribution < -0.4 is 0 Å². The van der Waals surface area contributed by atoms with Crippen molar-refractivity contribution < 1.29 is 0 Å². The van der Waals surface area contributed by atoms with Crippen molar-refractivity contribution in [3.8, 4) is 79.2 Å². The average Bonchev–Trinajstić information content (AvgIpc) is 3.29. The Bertz CT molecular complexity index is 2950. The number of hydrogen-bond acceptors (Lipinski definition) is 5. The van der Waals surface area contributed by atoms with Crippen LogP contribution in [0.1, 0.15) is 0 Å². The van der Waals surface area contributed by atoms with E-state index in [1.807, 2.05) is 78.9 Å². The summed E-state index contributed by atoms with van der Waals surface area (Å²) in [5, 5.41) is 4.35. The van der Waals surface area contributed by atoms with Crippen molar-refractivity contribution in [1.29, 1.82) is 0 Å². The molecule has 262 valence electrons. The lowest BCUT2D eigenvalue weighted by molar-refractivity contribution is 1.08. The highest BCUT2D eigenvalue weighted by atomic mass is 15.0. The zero-order valence-electron chi connectivity index (χ0n) is 30.3. The molecule has 0 spiro atoms. The van der Waals surface area contributed by atoms with Crippen molar-refractivity contribution in [3.05, 3.63) is 200 Å². The Kier molecular flexibility index (Phi) is 8.43. The molecule has 5 heteroatoms. The van der Waals surface area contributed by atoms with E-state index < -0.39 is 0 Å². The molecular formula is C51H33N5. The highest BCUT2D eigenvalue weighted by molar-refractivity contribution is 6.05. The second kappa shape index (κ2) is 14.3. The topological polar surface area (TPSA) is 64.5 Å². The summed E-state index contributed by atoms with van der Waals surface area (Å²) in [5.41, 5.74) is 9.75. The Labute approximate surface area is 324 Å². The van der Waals surface area contributed by atoms with Crippen LogP contribution in [-0.2, 0) is 0 Å². The van der Waals surface area contributed by atoms with E-state index in [-0.39, 0.29) is 0 Å². The molecule has 0 amide bonds. The van der Waals surface area contributed by atoms with Crippen LogP contribution in [0.25, 0.3) is 101 Å². The molecule has 0 aliphatic carbocycles. The second-order valence-corrected chi connectivity index (χ2v) is 13.7. The van der Waals surface area contributed by atoms with Crippen LogP contribution in [0.5, 0.6) is 0 Å². The van der Waals surface area contributed by atoms with Gasteiger partial charge >= 0.3 is 0 Å². The normalized spacial score (nSPS) is 11.2. The van der Waals surface area contributed by atoms with Crippen LogP contribution in [0.4, 0.5) is 0 Å². The van der Waals surface area contributed by atoms with E-state index in [0.29, 0.717) is 23.3 Å². The Balaban J connectivity index is 1.19. The molecule has 10 aromatic rings. The lowest BCUT2D eigenvalue weighted by Gasteiger charge is -2.15. The summed E-state index contributed by atoms with van der Waals surface area (Å²) >= 11 is 0. The van der Waals surface area contributed by atoms with Gasteiger partial charge in [-0.05, 0) is 56.9 Å². The van der Waals surface area contributed by atoms with Gasteiger partial charge in [0.15, 0.2) is 23.3 Å². The summed E-state index contributed by atoms with van der Waals surface area (Å²) in [7, 11) is 0. The van der Waals surface area contributed by atoms with Crippen molar-refractivity contribution >= 4 is 21.5 Å². The zero-order valence-corrected chi connectivity index (χ0v) is 30.3. The first kappa shape index (κ1) is 33.0. The Morgan fingerprint density at radius 1 is 0.232 bits per heavy atom. The summed E-state index contributed by atoms with van der Waals surface area (Å²) in [6, 6.07) is 68.8. The molecule has 0 radical (unpaired) electrons. The highest BCUT2D eigenvalue weighted by Gasteiger charge is 2.19. The van der Waals surface area contributed by atoms with Crippen LogP contribution in [0.3, 0.4) is 0 Å². The molecule has 56 heavy (non-hydrogen) atoms. The predicted octanol–water partition coefficient (Wildman–Crippen LogP) is 12.6. The van der Waals surface area contributed by atoms with Gasteiger partial charge in [0.2, 0.25) is 0 Å². The van der Waals surface area contributed by atoms with Crippen molar-refractivity contribution in [2.24, 2.45) is 0 Å². The number of fused-ring (bicyclic) bond motifs is 2. The first-order valence-electron chi connectivity index (χ1n) is 18.7. The fourth-order valence-corrected chi connectivity index (χ4v) is 7.41. The minimum atomic E-state index is 0.609. The largest absolute Gasteiger partial charge is 0.228 e. The van der Waals surface area contributed by atoms with Gasteiger partial charge in [0.1, 0.15) is 0 Å². The van der Waals surface area contributed by atoms with Gasteiger partial charge in [-0.2, -0.15) is 0 Å². The van der Waals surface area contributed by atoms with Gasteiger partial charge < -0.3 is 0 Å². The van der Waals surface area contributed by atoms with Crippen molar-refractivity contribution in [2.75, 3.05) is 0 Å². The van der Waals surface area contributed by atoms with E-state index >= 15 is 0 Å². The van der Waals surface area contributed by atoms with Gasteiger partial charge in [-0.25, -0.2) is 24.9 Å². The molecule has 2 heterocycles. The van der Waals surface area contributed by atoms with E-state index in [1.165, 1.54) is 0 Å². The number of aromatic nitrogens is 5. The maximum absolute atomic E-state index is 5.27. The summed E-state index contributed by atoms with van der Waals surface area (Å²) < 4.78 is 0. The molecule has 0 aliphatic rings. The van der Waals surface area contributed by atoms with E-state index in [1.54, 1.807) is 0 Å². The molecule has 0 fully saturated rings. The number of rotatable bonds is 7. The molecule has 0 N–H and O–H groups in total. The third-order valence-electron chi connectivity index (χ3n) is 10.1. The third-order valence-corrected chi connectivity index (χ3v) is 10.1. The summed E-state index contributed by atoms with van der Waals surface area (Å²) in [6.45, 7) is 0. The number of nitrogens with zero attached hydrogens (tertiary/aromatic N) is 5. The van der Waals surface area contributed by atoms with E-state index in [4.69, 9.17) is 24.9 Å². The molecule has 0 atom stereocenters. The molecular weight excluding hydrogens is 683 g/mol. The van der Waals surface area contributed by atoms with Gasteiger partial charge in [0.25, 0.3) is 0 Å². The van der Waals surface area contributed by atoms with Crippen LogP contribution in [0.2, 0.25) is 0 Å². The molecule has 0 saturated heterocycles. The van der Waals surface area contributed by atoms with E-state index in [9.17, 15) is 0 Å². The molecule has 10 rings (SSSR count). The number of benzene rings is 8. The minimum Gasteiger partial charge on any atom is -0.228 e. The monoisotopic (exact) mass is 715 g/mol. The lowest BCUT2D eigenvalue weighted by atomic mass is 9.93. The second-order valence-electron chi connectivity index (χ2n) is 13.7. The van der Waals surface area contributed by atoms with Crippen molar-refractivity contribution in [3.63, 3.8) is 0 Å². The van der Waals surface area contributed by atoms with Gasteiger partial charge in [0.05, 0.1) is 11.4 Å². The Morgan fingerprint density at radius 2 is 0.643 bits per heavy atom. The molecule has 0 aliphatic heterocycles. The standard InChI is InChI=1S/C51H33N5/c1-5-17-34(18-6-1)39-31-38-25-13-14-26-40(38)45(32-39)47-33-46(52-48(53-47)35-19-7-2-8-20-35)43-29-30-44(42-28-16-15-27-41(42)43)51-55-49(36-21-9-3-10-22-36)54-50(56-51)37-23-11-4-12-24-37/h1-33H. The third kappa shape index (κ3) is 6.27. The fourth-order valence-electron chi connectivity index (χ4n) is 7.41. The molecule has 8 aromatic carbocycles.